The minimum Gasteiger partial charge on any atom is -0.481 e. The molecule has 5 nitrogen and oxygen atoms in total. The first kappa shape index (κ1) is 17.1. The van der Waals surface area contributed by atoms with Gasteiger partial charge in [0.2, 0.25) is 5.91 Å². The molecular formula is C15H18BrNO4S. The third kappa shape index (κ3) is 4.64. The minimum atomic E-state index is -1.11. The Hall–Kier alpha value is -1.21. The van der Waals surface area contributed by atoms with E-state index in [1.54, 1.807) is 17.0 Å². The van der Waals surface area contributed by atoms with Crippen molar-refractivity contribution in [3.8, 4) is 0 Å². The fourth-order valence-corrected chi connectivity index (χ4v) is 3.75. The van der Waals surface area contributed by atoms with E-state index in [4.69, 9.17) is 5.11 Å². The van der Waals surface area contributed by atoms with Crippen molar-refractivity contribution in [2.75, 3.05) is 18.8 Å². The van der Waals surface area contributed by atoms with Gasteiger partial charge >= 0.3 is 5.97 Å². The average molecular weight is 388 g/mol. The van der Waals surface area contributed by atoms with Gasteiger partial charge in [-0.3, -0.25) is 13.8 Å². The first-order valence-electron chi connectivity index (χ1n) is 7.12. The van der Waals surface area contributed by atoms with Crippen LogP contribution in [0.4, 0.5) is 0 Å². The number of carboxylic acids is 1. The lowest BCUT2D eigenvalue weighted by molar-refractivity contribution is -0.141. The van der Waals surface area contributed by atoms with Crippen molar-refractivity contribution >= 4 is 38.6 Å². The molecule has 7 heteroatoms. The lowest BCUT2D eigenvalue weighted by Crippen LogP contribution is -2.29. The summed E-state index contributed by atoms with van der Waals surface area (Å²) in [4.78, 5) is 25.2. The second-order valence-electron chi connectivity index (χ2n) is 5.27. The monoisotopic (exact) mass is 387 g/mol. The van der Waals surface area contributed by atoms with Crippen LogP contribution in [0.5, 0.6) is 0 Å². The summed E-state index contributed by atoms with van der Waals surface area (Å²) in [5, 5.41) is 8.93. The molecule has 2 rings (SSSR count). The zero-order valence-electron chi connectivity index (χ0n) is 12.0. The van der Waals surface area contributed by atoms with Gasteiger partial charge in [-0.05, 0) is 37.1 Å². The summed E-state index contributed by atoms with van der Waals surface area (Å²) >= 11 is 3.33. The summed E-state index contributed by atoms with van der Waals surface area (Å²) < 4.78 is 13.0. The molecule has 0 radical (unpaired) electrons. The highest BCUT2D eigenvalue weighted by Crippen LogP contribution is 2.18. The van der Waals surface area contributed by atoms with Crippen LogP contribution < -0.4 is 0 Å². The van der Waals surface area contributed by atoms with E-state index in [2.05, 4.69) is 15.9 Å². The molecule has 2 atom stereocenters. The van der Waals surface area contributed by atoms with Crippen LogP contribution in [0.1, 0.15) is 19.3 Å². The minimum absolute atomic E-state index is 0.0449. The van der Waals surface area contributed by atoms with Gasteiger partial charge in [0.15, 0.2) is 0 Å². The maximum Gasteiger partial charge on any atom is 0.308 e. The molecule has 1 aliphatic rings. The van der Waals surface area contributed by atoms with Crippen molar-refractivity contribution in [2.45, 2.75) is 24.2 Å². The molecule has 1 aromatic carbocycles. The number of hydrogen-bond donors (Lipinski definition) is 1. The Kier molecular flexibility index (Phi) is 6.14. The number of carboxylic acid groups (broad SMARTS) is 1. The van der Waals surface area contributed by atoms with E-state index in [1.807, 2.05) is 12.1 Å². The van der Waals surface area contributed by atoms with Gasteiger partial charge in [-0.25, -0.2) is 0 Å². The molecule has 0 spiro atoms. The Morgan fingerprint density at radius 3 is 2.59 bits per heavy atom. The van der Waals surface area contributed by atoms with Gasteiger partial charge in [-0.1, -0.05) is 15.9 Å². The van der Waals surface area contributed by atoms with Crippen LogP contribution >= 0.6 is 15.9 Å². The number of carbonyl (C=O) groups is 2. The SMILES string of the molecule is O=C(O)C1CCN(C(=O)CCCS(=O)c2ccc(Br)cc2)C1. The number of aliphatic carboxylic acids is 1. The average Bonchev–Trinajstić information content (AvgIpc) is 2.98. The van der Waals surface area contributed by atoms with Crippen molar-refractivity contribution < 1.29 is 18.9 Å². The molecule has 1 heterocycles. The molecule has 0 aliphatic carbocycles. The van der Waals surface area contributed by atoms with Crippen molar-refractivity contribution in [3.05, 3.63) is 28.7 Å². The van der Waals surface area contributed by atoms with E-state index in [-0.39, 0.29) is 5.91 Å². The van der Waals surface area contributed by atoms with E-state index < -0.39 is 22.7 Å². The van der Waals surface area contributed by atoms with Gasteiger partial charge in [0.1, 0.15) is 0 Å². The number of halogens is 1. The highest BCUT2D eigenvalue weighted by atomic mass is 79.9. The van der Waals surface area contributed by atoms with E-state index in [0.29, 0.717) is 38.1 Å². The molecule has 1 fully saturated rings. The van der Waals surface area contributed by atoms with Crippen molar-refractivity contribution in [3.63, 3.8) is 0 Å². The molecule has 1 N–H and O–H groups in total. The maximum atomic E-state index is 12.1. The Morgan fingerprint density at radius 1 is 1.32 bits per heavy atom. The molecule has 0 saturated carbocycles. The third-order valence-electron chi connectivity index (χ3n) is 3.69. The summed E-state index contributed by atoms with van der Waals surface area (Å²) in [5.74, 6) is -0.895. The second-order valence-corrected chi connectivity index (χ2v) is 7.76. The van der Waals surface area contributed by atoms with Crippen molar-refractivity contribution in [1.29, 1.82) is 0 Å². The molecule has 1 saturated heterocycles. The summed E-state index contributed by atoms with van der Waals surface area (Å²) in [5.41, 5.74) is 0. The summed E-state index contributed by atoms with van der Waals surface area (Å²) in [6, 6.07) is 7.29. The van der Waals surface area contributed by atoms with Crippen LogP contribution in [-0.2, 0) is 20.4 Å². The van der Waals surface area contributed by atoms with Gasteiger partial charge < -0.3 is 10.0 Å². The van der Waals surface area contributed by atoms with Gasteiger partial charge in [-0.15, -0.1) is 0 Å². The van der Waals surface area contributed by atoms with Crippen LogP contribution in [0, 0.1) is 5.92 Å². The Morgan fingerprint density at radius 2 is 2.00 bits per heavy atom. The zero-order chi connectivity index (χ0) is 16.1. The van der Waals surface area contributed by atoms with Crippen LogP contribution in [0.15, 0.2) is 33.6 Å². The van der Waals surface area contributed by atoms with Crippen molar-refractivity contribution in [1.82, 2.24) is 4.90 Å². The van der Waals surface area contributed by atoms with Gasteiger partial charge in [-0.2, -0.15) is 0 Å². The third-order valence-corrected chi connectivity index (χ3v) is 5.67. The number of likely N-dealkylation sites (tertiary alicyclic amines) is 1. The largest absolute Gasteiger partial charge is 0.481 e. The summed E-state index contributed by atoms with van der Waals surface area (Å²) in [7, 11) is -1.11. The van der Waals surface area contributed by atoms with E-state index >= 15 is 0 Å². The lowest BCUT2D eigenvalue weighted by Gasteiger charge is -2.15. The highest BCUT2D eigenvalue weighted by molar-refractivity contribution is 9.10. The predicted octanol–water partition coefficient (Wildman–Crippen LogP) is 2.27. The summed E-state index contributed by atoms with van der Waals surface area (Å²) in [6.07, 6.45) is 1.37. The standard InChI is InChI=1S/C15H18BrNO4S/c16-12-3-5-13(6-4-12)22(21)9-1-2-14(18)17-8-7-11(10-17)15(19)20/h3-6,11H,1-2,7-10H2,(H,19,20). The maximum absolute atomic E-state index is 12.1. The highest BCUT2D eigenvalue weighted by Gasteiger charge is 2.30. The Balaban J connectivity index is 1.74. The van der Waals surface area contributed by atoms with E-state index in [9.17, 15) is 13.8 Å². The smallest absolute Gasteiger partial charge is 0.308 e. The fourth-order valence-electron chi connectivity index (χ4n) is 2.41. The topological polar surface area (TPSA) is 74.7 Å². The molecule has 2 unspecified atom stereocenters. The first-order chi connectivity index (χ1) is 10.5. The second kappa shape index (κ2) is 7.87. The number of nitrogens with zero attached hydrogens (tertiary/aromatic N) is 1. The van der Waals surface area contributed by atoms with Crippen LogP contribution in [0.25, 0.3) is 0 Å². The van der Waals surface area contributed by atoms with Gasteiger partial charge in [0.05, 0.1) is 16.7 Å². The van der Waals surface area contributed by atoms with E-state index in [1.165, 1.54) is 0 Å². The number of benzene rings is 1. The van der Waals surface area contributed by atoms with Gasteiger partial charge in [0, 0.05) is 34.6 Å². The lowest BCUT2D eigenvalue weighted by atomic mass is 10.1. The van der Waals surface area contributed by atoms with Crippen molar-refractivity contribution in [2.24, 2.45) is 5.92 Å². The molecule has 1 aromatic rings. The molecule has 0 bridgehead atoms. The molecule has 1 aliphatic heterocycles. The van der Waals surface area contributed by atoms with Crippen LogP contribution in [-0.4, -0.2) is 44.9 Å². The number of hydrogen-bond acceptors (Lipinski definition) is 3. The molecule has 1 amide bonds. The van der Waals surface area contributed by atoms with Crippen LogP contribution in [0.3, 0.4) is 0 Å². The van der Waals surface area contributed by atoms with Gasteiger partial charge in [0.25, 0.3) is 0 Å². The molecule has 0 aromatic heterocycles. The molecular weight excluding hydrogens is 370 g/mol. The number of carbonyl (C=O) groups excluding carboxylic acids is 1. The van der Waals surface area contributed by atoms with E-state index in [0.717, 1.165) is 9.37 Å². The summed E-state index contributed by atoms with van der Waals surface area (Å²) in [6.45, 7) is 0.801. The number of amides is 1. The molecule has 22 heavy (non-hydrogen) atoms. The Labute approximate surface area is 140 Å². The Bertz CT molecular complexity index is 575. The fraction of sp³-hybridized carbons (Fsp3) is 0.467. The number of rotatable bonds is 6. The predicted molar refractivity (Wildman–Crippen MR) is 87.0 cm³/mol. The van der Waals surface area contributed by atoms with Crippen LogP contribution in [0.2, 0.25) is 0 Å². The molecule has 120 valence electrons. The normalized spacial score (nSPS) is 19.1. The quantitative estimate of drug-likeness (QED) is 0.812. The zero-order valence-corrected chi connectivity index (χ0v) is 14.4. The first-order valence-corrected chi connectivity index (χ1v) is 9.23.